The van der Waals surface area contributed by atoms with Gasteiger partial charge < -0.3 is 9.80 Å². The average Bonchev–Trinajstić information content (AvgIpc) is 2.87. The molecule has 19 heavy (non-hydrogen) atoms. The van der Waals surface area contributed by atoms with E-state index in [1.807, 2.05) is 11.9 Å². The summed E-state index contributed by atoms with van der Waals surface area (Å²) < 4.78 is 0. The SMILES string of the molecule is CN1C(=O)CC[C@@H]2[C@H]1CCN2C(=O)c1ccnnc1. The molecule has 2 saturated heterocycles. The Kier molecular flexibility index (Phi) is 2.93. The smallest absolute Gasteiger partial charge is 0.255 e. The van der Waals surface area contributed by atoms with Crippen LogP contribution in [0.5, 0.6) is 0 Å². The van der Waals surface area contributed by atoms with E-state index in [0.717, 1.165) is 12.8 Å². The van der Waals surface area contributed by atoms with Crippen LogP contribution in [0.15, 0.2) is 18.5 Å². The number of piperidine rings is 1. The van der Waals surface area contributed by atoms with E-state index in [-0.39, 0.29) is 23.9 Å². The number of hydrogen-bond acceptors (Lipinski definition) is 4. The molecule has 0 bridgehead atoms. The normalized spacial score (nSPS) is 26.5. The molecule has 0 unspecified atom stereocenters. The molecule has 2 aliphatic heterocycles. The van der Waals surface area contributed by atoms with E-state index >= 15 is 0 Å². The molecule has 3 heterocycles. The molecule has 2 amide bonds. The molecular weight excluding hydrogens is 244 g/mol. The fourth-order valence-corrected chi connectivity index (χ4v) is 3.11. The van der Waals surface area contributed by atoms with Gasteiger partial charge in [0, 0.05) is 20.0 Å². The van der Waals surface area contributed by atoms with E-state index in [0.29, 0.717) is 18.5 Å². The first-order chi connectivity index (χ1) is 9.18. The Morgan fingerprint density at radius 2 is 2.16 bits per heavy atom. The van der Waals surface area contributed by atoms with Gasteiger partial charge in [0.05, 0.1) is 30.0 Å². The van der Waals surface area contributed by atoms with Crippen LogP contribution < -0.4 is 0 Å². The van der Waals surface area contributed by atoms with Crippen molar-refractivity contribution in [3.63, 3.8) is 0 Å². The van der Waals surface area contributed by atoms with Crippen molar-refractivity contribution in [2.24, 2.45) is 0 Å². The first-order valence-corrected chi connectivity index (χ1v) is 6.52. The molecule has 0 aliphatic carbocycles. The van der Waals surface area contributed by atoms with Crippen molar-refractivity contribution in [3.05, 3.63) is 24.0 Å². The van der Waals surface area contributed by atoms with Gasteiger partial charge in [0.1, 0.15) is 0 Å². The number of likely N-dealkylation sites (tertiary alicyclic amines) is 2. The quantitative estimate of drug-likeness (QED) is 0.729. The molecule has 0 N–H and O–H groups in total. The monoisotopic (exact) mass is 260 g/mol. The molecule has 0 aromatic carbocycles. The predicted octanol–water partition coefficient (Wildman–Crippen LogP) is 0.312. The third-order valence-corrected chi connectivity index (χ3v) is 4.15. The standard InChI is InChI=1S/C13H16N4O2/c1-16-10-5-7-17(11(10)2-3-12(16)18)13(19)9-4-6-14-15-8-9/h4,6,8,10-11H,2-3,5,7H2,1H3/t10-,11-/m1/s1. The van der Waals surface area contributed by atoms with Crippen LogP contribution >= 0.6 is 0 Å². The summed E-state index contributed by atoms with van der Waals surface area (Å²) in [5.74, 6) is 0.172. The summed E-state index contributed by atoms with van der Waals surface area (Å²) in [5, 5.41) is 7.43. The Bertz CT molecular complexity index is 505. The number of likely N-dealkylation sites (N-methyl/N-ethyl adjacent to an activating group) is 1. The summed E-state index contributed by atoms with van der Waals surface area (Å²) in [6.45, 7) is 0.702. The minimum absolute atomic E-state index is 0.00912. The molecule has 0 saturated carbocycles. The number of amides is 2. The van der Waals surface area contributed by atoms with Gasteiger partial charge in [-0.1, -0.05) is 0 Å². The van der Waals surface area contributed by atoms with Crippen molar-refractivity contribution in [2.45, 2.75) is 31.3 Å². The van der Waals surface area contributed by atoms with Gasteiger partial charge in [0.25, 0.3) is 5.91 Å². The van der Waals surface area contributed by atoms with Crippen LogP contribution in [0.3, 0.4) is 0 Å². The van der Waals surface area contributed by atoms with E-state index in [1.54, 1.807) is 11.0 Å². The van der Waals surface area contributed by atoms with Crippen LogP contribution in [0.25, 0.3) is 0 Å². The Labute approximate surface area is 111 Å². The second-order valence-electron chi connectivity index (χ2n) is 5.10. The Morgan fingerprint density at radius 1 is 1.32 bits per heavy atom. The van der Waals surface area contributed by atoms with Crippen molar-refractivity contribution in [1.82, 2.24) is 20.0 Å². The molecule has 2 fully saturated rings. The molecule has 2 atom stereocenters. The second-order valence-corrected chi connectivity index (χ2v) is 5.10. The fourth-order valence-electron chi connectivity index (χ4n) is 3.11. The lowest BCUT2D eigenvalue weighted by Crippen LogP contribution is -2.51. The first-order valence-electron chi connectivity index (χ1n) is 6.52. The Balaban J connectivity index is 1.81. The zero-order valence-electron chi connectivity index (χ0n) is 10.8. The van der Waals surface area contributed by atoms with Crippen LogP contribution in [0.4, 0.5) is 0 Å². The number of rotatable bonds is 1. The summed E-state index contributed by atoms with van der Waals surface area (Å²) in [5.41, 5.74) is 0.565. The van der Waals surface area contributed by atoms with Crippen molar-refractivity contribution in [2.75, 3.05) is 13.6 Å². The van der Waals surface area contributed by atoms with Crippen molar-refractivity contribution >= 4 is 11.8 Å². The van der Waals surface area contributed by atoms with E-state index in [1.165, 1.54) is 12.4 Å². The first kappa shape index (κ1) is 12.1. The van der Waals surface area contributed by atoms with E-state index in [9.17, 15) is 9.59 Å². The molecule has 1 aromatic heterocycles. The topological polar surface area (TPSA) is 66.4 Å². The third kappa shape index (κ3) is 1.97. The lowest BCUT2D eigenvalue weighted by molar-refractivity contribution is -0.135. The van der Waals surface area contributed by atoms with Gasteiger partial charge >= 0.3 is 0 Å². The minimum Gasteiger partial charge on any atom is -0.341 e. The summed E-state index contributed by atoms with van der Waals surface area (Å²) >= 11 is 0. The Hall–Kier alpha value is -1.98. The maximum Gasteiger partial charge on any atom is 0.255 e. The van der Waals surface area contributed by atoms with Crippen LogP contribution in [0.1, 0.15) is 29.6 Å². The number of aromatic nitrogens is 2. The summed E-state index contributed by atoms with van der Waals surface area (Å²) in [6, 6.07) is 1.99. The molecule has 6 heteroatoms. The van der Waals surface area contributed by atoms with Crippen molar-refractivity contribution < 1.29 is 9.59 Å². The van der Waals surface area contributed by atoms with E-state index in [4.69, 9.17) is 0 Å². The van der Waals surface area contributed by atoms with Gasteiger partial charge in [-0.3, -0.25) is 9.59 Å². The van der Waals surface area contributed by atoms with Gasteiger partial charge in [-0.2, -0.15) is 10.2 Å². The van der Waals surface area contributed by atoms with Gasteiger partial charge in [0.2, 0.25) is 5.91 Å². The highest BCUT2D eigenvalue weighted by Gasteiger charge is 2.43. The number of hydrogen-bond donors (Lipinski definition) is 0. The number of carbonyl (C=O) groups is 2. The third-order valence-electron chi connectivity index (χ3n) is 4.15. The van der Waals surface area contributed by atoms with Crippen LogP contribution in [0, 0.1) is 0 Å². The number of fused-ring (bicyclic) bond motifs is 1. The average molecular weight is 260 g/mol. The van der Waals surface area contributed by atoms with Gasteiger partial charge in [-0.15, -0.1) is 0 Å². The van der Waals surface area contributed by atoms with Gasteiger partial charge in [0.15, 0.2) is 0 Å². The number of carbonyl (C=O) groups excluding carboxylic acids is 2. The summed E-state index contributed by atoms with van der Waals surface area (Å²) in [4.78, 5) is 27.8. The molecule has 6 nitrogen and oxygen atoms in total. The summed E-state index contributed by atoms with van der Waals surface area (Å²) in [7, 11) is 1.83. The van der Waals surface area contributed by atoms with Crippen molar-refractivity contribution in [3.8, 4) is 0 Å². The highest BCUT2D eigenvalue weighted by atomic mass is 16.2. The Morgan fingerprint density at radius 3 is 2.89 bits per heavy atom. The largest absolute Gasteiger partial charge is 0.341 e. The molecule has 0 spiro atoms. The van der Waals surface area contributed by atoms with Gasteiger partial charge in [-0.05, 0) is 18.9 Å². The lowest BCUT2D eigenvalue weighted by atomic mass is 9.97. The second kappa shape index (κ2) is 4.60. The molecule has 100 valence electrons. The molecule has 2 aliphatic rings. The highest BCUT2D eigenvalue weighted by molar-refractivity contribution is 5.94. The van der Waals surface area contributed by atoms with E-state index in [2.05, 4.69) is 10.2 Å². The minimum atomic E-state index is -0.00912. The lowest BCUT2D eigenvalue weighted by Gasteiger charge is -2.37. The zero-order chi connectivity index (χ0) is 13.4. The predicted molar refractivity (Wildman–Crippen MR) is 67.3 cm³/mol. The summed E-state index contributed by atoms with van der Waals surface area (Å²) in [6.07, 6.45) is 5.16. The number of nitrogens with zero attached hydrogens (tertiary/aromatic N) is 4. The zero-order valence-corrected chi connectivity index (χ0v) is 10.8. The molecule has 0 radical (unpaired) electrons. The maximum atomic E-state index is 12.4. The fraction of sp³-hybridized carbons (Fsp3) is 0.538. The van der Waals surface area contributed by atoms with Crippen LogP contribution in [0.2, 0.25) is 0 Å². The van der Waals surface area contributed by atoms with E-state index < -0.39 is 0 Å². The highest BCUT2D eigenvalue weighted by Crippen LogP contribution is 2.31. The molecule has 3 rings (SSSR count). The van der Waals surface area contributed by atoms with Crippen molar-refractivity contribution in [1.29, 1.82) is 0 Å². The van der Waals surface area contributed by atoms with Crippen LogP contribution in [-0.4, -0.2) is 57.5 Å². The maximum absolute atomic E-state index is 12.4. The molecule has 1 aromatic rings. The van der Waals surface area contributed by atoms with Gasteiger partial charge in [-0.25, -0.2) is 0 Å². The van der Waals surface area contributed by atoms with Crippen LogP contribution in [-0.2, 0) is 4.79 Å². The molecular formula is C13H16N4O2.